The van der Waals surface area contributed by atoms with E-state index in [2.05, 4.69) is 15.3 Å². The number of hydrogen-bond donors (Lipinski definition) is 2. The van der Waals surface area contributed by atoms with Gasteiger partial charge < -0.3 is 15.2 Å². The lowest BCUT2D eigenvalue weighted by Gasteiger charge is -2.20. The summed E-state index contributed by atoms with van der Waals surface area (Å²) in [5.74, 6) is -0.555. The molecule has 2 aromatic rings. The zero-order valence-corrected chi connectivity index (χ0v) is 13.8. The predicted molar refractivity (Wildman–Crippen MR) is 90.2 cm³/mol. The highest BCUT2D eigenvalue weighted by molar-refractivity contribution is 6.00. The molecular weight excluding hydrogens is 306 g/mol. The van der Waals surface area contributed by atoms with Crippen molar-refractivity contribution in [3.63, 3.8) is 0 Å². The first-order valence-electron chi connectivity index (χ1n) is 7.48. The zero-order valence-electron chi connectivity index (χ0n) is 13.8. The summed E-state index contributed by atoms with van der Waals surface area (Å²) < 4.78 is 0. The number of likely N-dealkylation sites (N-methyl/N-ethyl adjacent to an activating group) is 1. The number of amides is 2. The summed E-state index contributed by atoms with van der Waals surface area (Å²) in [6.45, 7) is 1.86. The number of aromatic amines is 1. The van der Waals surface area contributed by atoms with E-state index in [1.54, 1.807) is 26.2 Å². The summed E-state index contributed by atoms with van der Waals surface area (Å²) in [6.07, 6.45) is 5.59. The minimum atomic E-state index is -0.636. The maximum Gasteiger partial charge on any atom is 0.268 e. The molecule has 0 radical (unpaired) electrons. The molecule has 0 fully saturated rings. The molecule has 0 unspecified atom stereocenters. The van der Waals surface area contributed by atoms with Crippen LogP contribution in [-0.2, 0) is 4.79 Å². The zero-order chi connectivity index (χ0) is 17.7. The average Bonchev–Trinajstić information content (AvgIpc) is 3.00. The molecular formula is C17H19N5O2. The van der Waals surface area contributed by atoms with Crippen LogP contribution in [0.2, 0.25) is 0 Å². The normalized spacial score (nSPS) is 12.1. The Hall–Kier alpha value is -3.14. The van der Waals surface area contributed by atoms with E-state index < -0.39 is 6.04 Å². The van der Waals surface area contributed by atoms with Gasteiger partial charge in [-0.25, -0.2) is 4.98 Å². The topological polar surface area (TPSA) is 102 Å². The number of hydrogen-bond acceptors (Lipinski definition) is 4. The number of rotatable bonds is 5. The van der Waals surface area contributed by atoms with Crippen molar-refractivity contribution in [3.05, 3.63) is 41.9 Å². The smallest absolute Gasteiger partial charge is 0.268 e. The summed E-state index contributed by atoms with van der Waals surface area (Å²) in [5.41, 5.74) is 1.25. The minimum absolute atomic E-state index is 0.175. The van der Waals surface area contributed by atoms with Crippen molar-refractivity contribution < 1.29 is 9.59 Å². The summed E-state index contributed by atoms with van der Waals surface area (Å²) >= 11 is 0. The lowest BCUT2D eigenvalue weighted by atomic mass is 10.1. The quantitative estimate of drug-likeness (QED) is 0.815. The molecule has 0 bridgehead atoms. The van der Waals surface area contributed by atoms with Gasteiger partial charge in [0.1, 0.15) is 23.5 Å². The van der Waals surface area contributed by atoms with E-state index in [0.717, 1.165) is 5.39 Å². The Labute approximate surface area is 140 Å². The van der Waals surface area contributed by atoms with Gasteiger partial charge in [-0.05, 0) is 25.5 Å². The fraction of sp³-hybridized carbons (Fsp3) is 0.294. The molecule has 0 aliphatic carbocycles. The molecule has 2 rings (SSSR count). The fourth-order valence-corrected chi connectivity index (χ4v) is 2.26. The Morgan fingerprint density at radius 3 is 2.83 bits per heavy atom. The van der Waals surface area contributed by atoms with E-state index in [1.165, 1.54) is 11.1 Å². The Bertz CT molecular complexity index is 829. The third-order valence-corrected chi connectivity index (χ3v) is 3.52. The predicted octanol–water partition coefficient (Wildman–Crippen LogP) is 1.59. The molecule has 0 aliphatic rings. The molecule has 2 aromatic heterocycles. The number of nitriles is 1. The molecule has 2 N–H and O–H groups in total. The number of nitrogens with one attached hydrogen (secondary N) is 2. The highest BCUT2D eigenvalue weighted by Gasteiger charge is 2.22. The SMILES string of the molecule is C/C=C/C[C@H](NC(=O)c1cc2cc(C#N)ncc2[nH]1)C(=O)N(C)C. The van der Waals surface area contributed by atoms with Gasteiger partial charge in [0, 0.05) is 19.5 Å². The lowest BCUT2D eigenvalue weighted by Crippen LogP contribution is -2.46. The maximum atomic E-state index is 12.4. The Kier molecular flexibility index (Phi) is 5.32. The van der Waals surface area contributed by atoms with Gasteiger partial charge in [0.15, 0.2) is 0 Å². The third-order valence-electron chi connectivity index (χ3n) is 3.52. The number of carbonyl (C=O) groups excluding carboxylic acids is 2. The molecule has 2 amide bonds. The number of carbonyl (C=O) groups is 2. The first-order valence-corrected chi connectivity index (χ1v) is 7.48. The molecule has 7 heteroatoms. The first kappa shape index (κ1) is 17.2. The van der Waals surface area contributed by atoms with Crippen LogP contribution in [0.4, 0.5) is 0 Å². The van der Waals surface area contributed by atoms with Crippen LogP contribution in [0.15, 0.2) is 30.5 Å². The average molecular weight is 325 g/mol. The minimum Gasteiger partial charge on any atom is -0.349 e. The Morgan fingerprint density at radius 2 is 2.21 bits per heavy atom. The van der Waals surface area contributed by atoms with Gasteiger partial charge in [-0.2, -0.15) is 5.26 Å². The molecule has 0 saturated heterocycles. The largest absolute Gasteiger partial charge is 0.349 e. The van der Waals surface area contributed by atoms with Crippen molar-refractivity contribution in [1.82, 2.24) is 20.2 Å². The number of pyridine rings is 1. The van der Waals surface area contributed by atoms with Gasteiger partial charge in [0.25, 0.3) is 5.91 Å². The molecule has 1 atom stereocenters. The van der Waals surface area contributed by atoms with Gasteiger partial charge in [0.2, 0.25) is 5.91 Å². The number of nitrogens with zero attached hydrogens (tertiary/aromatic N) is 3. The molecule has 124 valence electrons. The second-order valence-corrected chi connectivity index (χ2v) is 5.52. The van der Waals surface area contributed by atoms with Crippen molar-refractivity contribution >= 4 is 22.7 Å². The van der Waals surface area contributed by atoms with E-state index in [1.807, 2.05) is 25.1 Å². The monoisotopic (exact) mass is 325 g/mol. The van der Waals surface area contributed by atoms with Crippen molar-refractivity contribution in [1.29, 1.82) is 5.26 Å². The van der Waals surface area contributed by atoms with Crippen LogP contribution in [0.3, 0.4) is 0 Å². The van der Waals surface area contributed by atoms with Gasteiger partial charge in [-0.3, -0.25) is 9.59 Å². The summed E-state index contributed by atoms with van der Waals surface area (Å²) in [6, 6.07) is 4.56. The number of H-pyrrole nitrogens is 1. The van der Waals surface area contributed by atoms with E-state index in [-0.39, 0.29) is 17.5 Å². The standard InChI is InChI=1S/C17H19N5O2/c1-4-5-6-13(17(24)22(2)3)21-16(23)14-8-11-7-12(9-18)19-10-15(11)20-14/h4-5,7-8,10,13,20H,6H2,1-3H3,(H,21,23)/b5-4+/t13-/m0/s1. The first-order chi connectivity index (χ1) is 11.5. The second-order valence-electron chi connectivity index (χ2n) is 5.52. The maximum absolute atomic E-state index is 12.4. The van der Waals surface area contributed by atoms with Gasteiger partial charge in [0.05, 0.1) is 11.7 Å². The highest BCUT2D eigenvalue weighted by atomic mass is 16.2. The number of allylic oxidation sites excluding steroid dienone is 1. The molecule has 24 heavy (non-hydrogen) atoms. The van der Waals surface area contributed by atoms with Gasteiger partial charge in [-0.15, -0.1) is 0 Å². The fourth-order valence-electron chi connectivity index (χ4n) is 2.26. The van der Waals surface area contributed by atoms with E-state index in [4.69, 9.17) is 5.26 Å². The van der Waals surface area contributed by atoms with Crippen LogP contribution in [-0.4, -0.2) is 46.8 Å². The summed E-state index contributed by atoms with van der Waals surface area (Å²) in [7, 11) is 3.30. The van der Waals surface area contributed by atoms with E-state index in [9.17, 15) is 9.59 Å². The van der Waals surface area contributed by atoms with Crippen LogP contribution in [0, 0.1) is 11.3 Å². The number of fused-ring (bicyclic) bond motifs is 1. The van der Waals surface area contributed by atoms with Crippen LogP contribution < -0.4 is 5.32 Å². The third kappa shape index (κ3) is 3.79. The van der Waals surface area contributed by atoms with Crippen molar-refractivity contribution in [2.45, 2.75) is 19.4 Å². The van der Waals surface area contributed by atoms with Crippen molar-refractivity contribution in [2.75, 3.05) is 14.1 Å². The Morgan fingerprint density at radius 1 is 1.46 bits per heavy atom. The van der Waals surface area contributed by atoms with E-state index >= 15 is 0 Å². The number of aromatic nitrogens is 2. The second kappa shape index (κ2) is 7.42. The van der Waals surface area contributed by atoms with Crippen LogP contribution in [0.1, 0.15) is 29.5 Å². The van der Waals surface area contributed by atoms with Gasteiger partial charge in [-0.1, -0.05) is 12.2 Å². The Balaban J connectivity index is 2.23. The van der Waals surface area contributed by atoms with Crippen molar-refractivity contribution in [2.24, 2.45) is 0 Å². The van der Waals surface area contributed by atoms with Gasteiger partial charge >= 0.3 is 0 Å². The van der Waals surface area contributed by atoms with Crippen molar-refractivity contribution in [3.8, 4) is 6.07 Å². The van der Waals surface area contributed by atoms with Crippen LogP contribution >= 0.6 is 0 Å². The molecule has 2 heterocycles. The summed E-state index contributed by atoms with van der Waals surface area (Å²) in [4.78, 5) is 33.0. The van der Waals surface area contributed by atoms with Crippen LogP contribution in [0.25, 0.3) is 10.9 Å². The molecule has 0 aromatic carbocycles. The summed E-state index contributed by atoms with van der Waals surface area (Å²) in [5, 5.41) is 12.3. The molecule has 0 spiro atoms. The molecule has 0 saturated carbocycles. The highest BCUT2D eigenvalue weighted by Crippen LogP contribution is 2.15. The molecule has 0 aliphatic heterocycles. The van der Waals surface area contributed by atoms with E-state index in [0.29, 0.717) is 17.6 Å². The molecule has 7 nitrogen and oxygen atoms in total. The lowest BCUT2D eigenvalue weighted by molar-refractivity contribution is -0.130. The van der Waals surface area contributed by atoms with Crippen LogP contribution in [0.5, 0.6) is 0 Å².